The number of piperidine rings is 1. The minimum Gasteiger partial charge on any atom is -0.343 e. The SMILES string of the molecule is CCN(CC)C(=O)C1CCCN(S(=O)(=O)c2cc(-c3noc(C4CC4)n3)sc2C)C1. The van der Waals surface area contributed by atoms with Crippen molar-refractivity contribution < 1.29 is 17.7 Å². The van der Waals surface area contributed by atoms with Gasteiger partial charge in [-0.25, -0.2) is 8.42 Å². The van der Waals surface area contributed by atoms with Crippen molar-refractivity contribution in [2.24, 2.45) is 5.92 Å². The third kappa shape index (κ3) is 4.04. The zero-order chi connectivity index (χ0) is 21.5. The number of amides is 1. The summed E-state index contributed by atoms with van der Waals surface area (Å²) in [5.41, 5.74) is 0. The Morgan fingerprint density at radius 1 is 1.30 bits per heavy atom. The largest absolute Gasteiger partial charge is 0.343 e. The normalized spacial score (nSPS) is 20.4. The Balaban J connectivity index is 1.55. The van der Waals surface area contributed by atoms with Gasteiger partial charge in [0.1, 0.15) is 0 Å². The zero-order valence-corrected chi connectivity index (χ0v) is 19.3. The lowest BCUT2D eigenvalue weighted by atomic mass is 9.98. The molecule has 1 atom stereocenters. The maximum Gasteiger partial charge on any atom is 0.244 e. The van der Waals surface area contributed by atoms with Gasteiger partial charge in [0.2, 0.25) is 27.6 Å². The summed E-state index contributed by atoms with van der Waals surface area (Å²) in [5, 5.41) is 4.04. The van der Waals surface area contributed by atoms with Crippen molar-refractivity contribution in [3.8, 4) is 10.7 Å². The van der Waals surface area contributed by atoms with Crippen molar-refractivity contribution in [2.45, 2.75) is 57.3 Å². The molecule has 0 radical (unpaired) electrons. The van der Waals surface area contributed by atoms with Crippen LogP contribution in [0.1, 0.15) is 56.2 Å². The highest BCUT2D eigenvalue weighted by molar-refractivity contribution is 7.89. The molecule has 10 heteroatoms. The molecule has 8 nitrogen and oxygen atoms in total. The van der Waals surface area contributed by atoms with Crippen LogP contribution in [-0.2, 0) is 14.8 Å². The molecule has 4 rings (SSSR count). The van der Waals surface area contributed by atoms with E-state index < -0.39 is 10.0 Å². The van der Waals surface area contributed by atoms with Crippen LogP contribution in [0.4, 0.5) is 0 Å². The van der Waals surface area contributed by atoms with E-state index in [4.69, 9.17) is 4.52 Å². The van der Waals surface area contributed by atoms with Crippen LogP contribution in [0.5, 0.6) is 0 Å². The fraction of sp³-hybridized carbons (Fsp3) is 0.650. The first-order valence-electron chi connectivity index (χ1n) is 10.6. The second kappa shape index (κ2) is 8.39. The topological polar surface area (TPSA) is 96.6 Å². The minimum absolute atomic E-state index is 0.0435. The van der Waals surface area contributed by atoms with Gasteiger partial charge < -0.3 is 9.42 Å². The van der Waals surface area contributed by atoms with E-state index >= 15 is 0 Å². The summed E-state index contributed by atoms with van der Waals surface area (Å²) in [6.45, 7) is 7.63. The van der Waals surface area contributed by atoms with Crippen molar-refractivity contribution in [2.75, 3.05) is 26.2 Å². The van der Waals surface area contributed by atoms with Crippen molar-refractivity contribution in [3.63, 3.8) is 0 Å². The maximum atomic E-state index is 13.4. The van der Waals surface area contributed by atoms with Crippen molar-refractivity contribution in [1.82, 2.24) is 19.3 Å². The van der Waals surface area contributed by atoms with E-state index in [1.54, 1.807) is 17.9 Å². The van der Waals surface area contributed by atoms with Gasteiger partial charge in [-0.15, -0.1) is 11.3 Å². The van der Waals surface area contributed by atoms with Crippen molar-refractivity contribution in [3.05, 3.63) is 16.8 Å². The number of thiophene rings is 1. The molecule has 0 N–H and O–H groups in total. The summed E-state index contributed by atoms with van der Waals surface area (Å²) in [5.74, 6) is 1.19. The molecule has 2 aliphatic rings. The van der Waals surface area contributed by atoms with Gasteiger partial charge in [-0.2, -0.15) is 9.29 Å². The maximum absolute atomic E-state index is 13.4. The molecule has 0 aromatic carbocycles. The van der Waals surface area contributed by atoms with E-state index in [9.17, 15) is 13.2 Å². The number of aromatic nitrogens is 2. The molecule has 1 aliphatic heterocycles. The van der Waals surface area contributed by atoms with E-state index in [1.165, 1.54) is 15.6 Å². The van der Waals surface area contributed by atoms with Gasteiger partial charge in [-0.1, -0.05) is 5.16 Å². The molecule has 1 saturated carbocycles. The van der Waals surface area contributed by atoms with E-state index in [2.05, 4.69) is 10.1 Å². The van der Waals surface area contributed by atoms with E-state index in [-0.39, 0.29) is 23.3 Å². The lowest BCUT2D eigenvalue weighted by Crippen LogP contribution is -2.46. The fourth-order valence-electron chi connectivity index (χ4n) is 3.96. The number of carbonyl (C=O) groups is 1. The Hall–Kier alpha value is -1.78. The van der Waals surface area contributed by atoms with Gasteiger partial charge in [0.25, 0.3) is 0 Å². The van der Waals surface area contributed by atoms with Crippen LogP contribution in [0, 0.1) is 12.8 Å². The summed E-state index contributed by atoms with van der Waals surface area (Å²) >= 11 is 1.36. The molecule has 2 aromatic heterocycles. The van der Waals surface area contributed by atoms with E-state index in [1.807, 2.05) is 13.8 Å². The third-order valence-corrected chi connectivity index (χ3v) is 9.05. The average molecular weight is 453 g/mol. The highest BCUT2D eigenvalue weighted by Gasteiger charge is 2.36. The van der Waals surface area contributed by atoms with Crippen LogP contribution >= 0.6 is 11.3 Å². The Morgan fingerprint density at radius 2 is 2.03 bits per heavy atom. The number of nitrogens with zero attached hydrogens (tertiary/aromatic N) is 4. The Morgan fingerprint density at radius 3 is 2.70 bits per heavy atom. The highest BCUT2D eigenvalue weighted by Crippen LogP contribution is 2.41. The molecule has 1 unspecified atom stereocenters. The van der Waals surface area contributed by atoms with Crippen LogP contribution in [0.3, 0.4) is 0 Å². The fourth-order valence-corrected chi connectivity index (χ4v) is 6.97. The van der Waals surface area contributed by atoms with Gasteiger partial charge in [0.05, 0.1) is 15.7 Å². The molecule has 164 valence electrons. The first-order chi connectivity index (χ1) is 14.3. The van der Waals surface area contributed by atoms with Crippen molar-refractivity contribution >= 4 is 27.3 Å². The Bertz CT molecular complexity index is 1020. The number of hydrogen-bond acceptors (Lipinski definition) is 7. The zero-order valence-electron chi connectivity index (χ0n) is 17.6. The van der Waals surface area contributed by atoms with Gasteiger partial charge >= 0.3 is 0 Å². The quantitative estimate of drug-likeness (QED) is 0.640. The van der Waals surface area contributed by atoms with Gasteiger partial charge in [0, 0.05) is 37.0 Å². The molecule has 2 aromatic rings. The Kier molecular flexibility index (Phi) is 6.00. The first-order valence-corrected chi connectivity index (χ1v) is 12.8. The van der Waals surface area contributed by atoms with Gasteiger partial charge in [0.15, 0.2) is 0 Å². The molecule has 2 fully saturated rings. The predicted octanol–water partition coefficient (Wildman–Crippen LogP) is 3.25. The number of carbonyl (C=O) groups excluding carboxylic acids is 1. The second-order valence-electron chi connectivity index (χ2n) is 7.97. The van der Waals surface area contributed by atoms with Gasteiger partial charge in [-0.3, -0.25) is 4.79 Å². The lowest BCUT2D eigenvalue weighted by Gasteiger charge is -2.33. The van der Waals surface area contributed by atoms with E-state index in [0.29, 0.717) is 53.4 Å². The highest BCUT2D eigenvalue weighted by atomic mass is 32.2. The summed E-state index contributed by atoms with van der Waals surface area (Å²) in [6.07, 6.45) is 3.53. The predicted molar refractivity (Wildman–Crippen MR) is 114 cm³/mol. The van der Waals surface area contributed by atoms with Crippen molar-refractivity contribution in [1.29, 1.82) is 0 Å². The lowest BCUT2D eigenvalue weighted by molar-refractivity contribution is -0.136. The summed E-state index contributed by atoms with van der Waals surface area (Å²) in [7, 11) is -3.70. The summed E-state index contributed by atoms with van der Waals surface area (Å²) in [4.78, 5) is 20.6. The standard InChI is InChI=1S/C20H28N4O4S2/c1-4-23(5-2)20(25)15-7-6-10-24(12-15)30(26,27)17-11-16(29-13(17)3)18-21-19(28-22-18)14-8-9-14/h11,14-15H,4-10,12H2,1-3H3. The molecule has 0 bridgehead atoms. The molecular formula is C20H28N4O4S2. The van der Waals surface area contributed by atoms with Gasteiger partial charge in [-0.05, 0) is 52.5 Å². The van der Waals surface area contributed by atoms with Crippen LogP contribution in [-0.4, -0.2) is 59.8 Å². The third-order valence-electron chi connectivity index (χ3n) is 5.89. The van der Waals surface area contributed by atoms with Crippen LogP contribution in [0.2, 0.25) is 0 Å². The molecule has 1 aliphatic carbocycles. The smallest absolute Gasteiger partial charge is 0.244 e. The monoisotopic (exact) mass is 452 g/mol. The number of sulfonamides is 1. The van der Waals surface area contributed by atoms with Crippen LogP contribution in [0.15, 0.2) is 15.5 Å². The average Bonchev–Trinajstić information content (AvgIpc) is 3.33. The second-order valence-corrected chi connectivity index (χ2v) is 11.1. The molecule has 1 saturated heterocycles. The molecule has 1 amide bonds. The Labute approximate surface area is 181 Å². The summed E-state index contributed by atoms with van der Waals surface area (Å²) in [6, 6.07) is 1.65. The number of aryl methyl sites for hydroxylation is 1. The molecule has 0 spiro atoms. The van der Waals surface area contributed by atoms with Crippen LogP contribution < -0.4 is 0 Å². The minimum atomic E-state index is -3.70. The van der Waals surface area contributed by atoms with Crippen LogP contribution in [0.25, 0.3) is 10.7 Å². The first kappa shape index (κ1) is 21.5. The van der Waals surface area contributed by atoms with E-state index in [0.717, 1.165) is 19.3 Å². The molecule has 30 heavy (non-hydrogen) atoms. The number of hydrogen-bond donors (Lipinski definition) is 0. The molecule has 3 heterocycles. The summed E-state index contributed by atoms with van der Waals surface area (Å²) < 4.78 is 33.6. The number of rotatable bonds is 7. The molecular weight excluding hydrogens is 424 g/mol.